The van der Waals surface area contributed by atoms with Crippen molar-refractivity contribution in [2.24, 2.45) is 0 Å². The van der Waals surface area contributed by atoms with Crippen LogP contribution in [0.4, 0.5) is 4.39 Å². The second-order valence-electron chi connectivity index (χ2n) is 5.82. The molecule has 0 amide bonds. The van der Waals surface area contributed by atoms with E-state index in [9.17, 15) is 4.39 Å². The molecule has 1 fully saturated rings. The first-order chi connectivity index (χ1) is 9.70. The van der Waals surface area contributed by atoms with Crippen LogP contribution in [0.3, 0.4) is 0 Å². The van der Waals surface area contributed by atoms with E-state index in [0.29, 0.717) is 18.0 Å². The van der Waals surface area contributed by atoms with E-state index in [1.54, 1.807) is 17.4 Å². The molecule has 1 N–H and O–H groups in total. The maximum atomic E-state index is 13.2. The van der Waals surface area contributed by atoms with Gasteiger partial charge in [0.05, 0.1) is 0 Å². The Bertz CT molecular complexity index is 546. The van der Waals surface area contributed by atoms with E-state index < -0.39 is 0 Å². The molecule has 1 aromatic heterocycles. The Morgan fingerprint density at radius 1 is 1.35 bits per heavy atom. The summed E-state index contributed by atoms with van der Waals surface area (Å²) in [6, 6.07) is 10.3. The van der Waals surface area contributed by atoms with Gasteiger partial charge in [-0.05, 0) is 72.2 Å². The van der Waals surface area contributed by atoms with Crippen LogP contribution in [0.15, 0.2) is 41.1 Å². The molecular weight excluding hydrogens is 269 g/mol. The third-order valence-corrected chi connectivity index (χ3v) is 4.83. The number of rotatable bonds is 5. The lowest BCUT2D eigenvalue weighted by atomic mass is 9.75. The van der Waals surface area contributed by atoms with Crippen molar-refractivity contribution in [3.8, 4) is 0 Å². The molecule has 1 atom stereocenters. The molecule has 0 saturated heterocycles. The molecule has 1 unspecified atom stereocenters. The first-order valence-electron chi connectivity index (χ1n) is 7.23. The van der Waals surface area contributed by atoms with Crippen LogP contribution < -0.4 is 5.32 Å². The van der Waals surface area contributed by atoms with Gasteiger partial charge >= 0.3 is 0 Å². The highest BCUT2D eigenvalue weighted by Gasteiger charge is 2.30. The van der Waals surface area contributed by atoms with Gasteiger partial charge in [-0.1, -0.05) is 12.1 Å². The standard InChI is InChI=1S/C17H20FNS/c1-12(7-13-5-6-20-11-13)19-17-9-15(10-17)14-3-2-4-16(18)8-14/h2-6,8,11-12,15,17,19H,7,9-10H2,1H3. The third kappa shape index (κ3) is 3.28. The van der Waals surface area contributed by atoms with Gasteiger partial charge in [-0.3, -0.25) is 0 Å². The number of hydrogen-bond donors (Lipinski definition) is 1. The zero-order valence-electron chi connectivity index (χ0n) is 11.7. The van der Waals surface area contributed by atoms with Gasteiger partial charge in [-0.2, -0.15) is 11.3 Å². The lowest BCUT2D eigenvalue weighted by Crippen LogP contribution is -2.45. The van der Waals surface area contributed by atoms with Crippen molar-refractivity contribution >= 4 is 11.3 Å². The fourth-order valence-corrected chi connectivity index (χ4v) is 3.69. The van der Waals surface area contributed by atoms with Crippen molar-refractivity contribution in [2.75, 3.05) is 0 Å². The van der Waals surface area contributed by atoms with Gasteiger partial charge in [0.2, 0.25) is 0 Å². The predicted molar refractivity (Wildman–Crippen MR) is 82.8 cm³/mol. The van der Waals surface area contributed by atoms with Crippen LogP contribution in [-0.2, 0) is 6.42 Å². The van der Waals surface area contributed by atoms with Gasteiger partial charge in [0, 0.05) is 12.1 Å². The molecule has 1 heterocycles. The van der Waals surface area contributed by atoms with Gasteiger partial charge in [-0.25, -0.2) is 4.39 Å². The first kappa shape index (κ1) is 13.8. The molecule has 3 rings (SSSR count). The van der Waals surface area contributed by atoms with Crippen LogP contribution in [0.5, 0.6) is 0 Å². The summed E-state index contributed by atoms with van der Waals surface area (Å²) in [6.45, 7) is 2.24. The normalized spacial score (nSPS) is 23.3. The molecule has 0 aliphatic heterocycles. The van der Waals surface area contributed by atoms with Gasteiger partial charge in [-0.15, -0.1) is 0 Å². The lowest BCUT2D eigenvalue weighted by Gasteiger charge is -2.38. The molecule has 2 aromatic rings. The van der Waals surface area contributed by atoms with E-state index in [-0.39, 0.29) is 5.82 Å². The second-order valence-corrected chi connectivity index (χ2v) is 6.60. The van der Waals surface area contributed by atoms with E-state index in [1.165, 1.54) is 11.6 Å². The zero-order valence-corrected chi connectivity index (χ0v) is 12.5. The van der Waals surface area contributed by atoms with Crippen molar-refractivity contribution in [1.82, 2.24) is 5.32 Å². The van der Waals surface area contributed by atoms with Crippen molar-refractivity contribution in [3.63, 3.8) is 0 Å². The Hall–Kier alpha value is -1.19. The van der Waals surface area contributed by atoms with Gasteiger partial charge in [0.25, 0.3) is 0 Å². The number of hydrogen-bond acceptors (Lipinski definition) is 2. The van der Waals surface area contributed by atoms with Crippen LogP contribution in [0.1, 0.15) is 36.8 Å². The third-order valence-electron chi connectivity index (χ3n) is 4.10. The number of nitrogens with one attached hydrogen (secondary N) is 1. The van der Waals surface area contributed by atoms with E-state index in [1.807, 2.05) is 12.1 Å². The van der Waals surface area contributed by atoms with E-state index in [0.717, 1.165) is 24.8 Å². The molecule has 1 aliphatic carbocycles. The topological polar surface area (TPSA) is 12.0 Å². The summed E-state index contributed by atoms with van der Waals surface area (Å²) in [5.41, 5.74) is 2.56. The Kier molecular flexibility index (Phi) is 4.18. The summed E-state index contributed by atoms with van der Waals surface area (Å²) in [6.07, 6.45) is 3.33. The average Bonchev–Trinajstić information content (AvgIpc) is 2.86. The van der Waals surface area contributed by atoms with Gasteiger partial charge < -0.3 is 5.32 Å². The highest BCUT2D eigenvalue weighted by Crippen LogP contribution is 2.37. The molecule has 0 bridgehead atoms. The smallest absolute Gasteiger partial charge is 0.123 e. The van der Waals surface area contributed by atoms with Crippen LogP contribution >= 0.6 is 11.3 Å². The minimum atomic E-state index is -0.121. The fraction of sp³-hybridized carbons (Fsp3) is 0.412. The first-order valence-corrected chi connectivity index (χ1v) is 8.17. The van der Waals surface area contributed by atoms with Crippen LogP contribution in [-0.4, -0.2) is 12.1 Å². The Labute approximate surface area is 123 Å². The number of halogens is 1. The predicted octanol–water partition coefficient (Wildman–Crippen LogP) is 4.35. The minimum absolute atomic E-state index is 0.121. The van der Waals surface area contributed by atoms with Gasteiger partial charge in [0.15, 0.2) is 0 Å². The zero-order chi connectivity index (χ0) is 13.9. The highest BCUT2D eigenvalue weighted by molar-refractivity contribution is 7.07. The molecule has 0 radical (unpaired) electrons. The summed E-state index contributed by atoms with van der Waals surface area (Å²) in [7, 11) is 0. The van der Waals surface area contributed by atoms with Crippen molar-refractivity contribution in [3.05, 3.63) is 58.0 Å². The lowest BCUT2D eigenvalue weighted by molar-refractivity contribution is 0.268. The van der Waals surface area contributed by atoms with E-state index in [2.05, 4.69) is 29.1 Å². The van der Waals surface area contributed by atoms with Crippen molar-refractivity contribution in [1.29, 1.82) is 0 Å². The quantitative estimate of drug-likeness (QED) is 0.862. The Morgan fingerprint density at radius 2 is 2.20 bits per heavy atom. The molecule has 1 nitrogen and oxygen atoms in total. The van der Waals surface area contributed by atoms with E-state index in [4.69, 9.17) is 0 Å². The number of thiophene rings is 1. The van der Waals surface area contributed by atoms with Crippen LogP contribution in [0, 0.1) is 5.82 Å². The van der Waals surface area contributed by atoms with Crippen molar-refractivity contribution < 1.29 is 4.39 Å². The molecule has 1 saturated carbocycles. The van der Waals surface area contributed by atoms with Crippen molar-refractivity contribution in [2.45, 2.75) is 44.2 Å². The SMILES string of the molecule is CC(Cc1ccsc1)NC1CC(c2cccc(F)c2)C1. The monoisotopic (exact) mass is 289 g/mol. The Balaban J connectivity index is 1.46. The maximum absolute atomic E-state index is 13.2. The van der Waals surface area contributed by atoms with E-state index >= 15 is 0 Å². The molecular formula is C17H20FNS. The molecule has 20 heavy (non-hydrogen) atoms. The molecule has 1 aromatic carbocycles. The summed E-state index contributed by atoms with van der Waals surface area (Å²) >= 11 is 1.76. The van der Waals surface area contributed by atoms with Crippen LogP contribution in [0.2, 0.25) is 0 Å². The summed E-state index contributed by atoms with van der Waals surface area (Å²) in [5, 5.41) is 8.03. The van der Waals surface area contributed by atoms with Gasteiger partial charge in [0.1, 0.15) is 5.82 Å². The second kappa shape index (κ2) is 6.06. The summed E-state index contributed by atoms with van der Waals surface area (Å²) in [5.74, 6) is 0.404. The largest absolute Gasteiger partial charge is 0.311 e. The molecule has 3 heteroatoms. The molecule has 106 valence electrons. The number of benzene rings is 1. The average molecular weight is 289 g/mol. The molecule has 1 aliphatic rings. The minimum Gasteiger partial charge on any atom is -0.311 e. The Morgan fingerprint density at radius 3 is 2.90 bits per heavy atom. The maximum Gasteiger partial charge on any atom is 0.123 e. The fourth-order valence-electron chi connectivity index (χ4n) is 3.01. The summed E-state index contributed by atoms with van der Waals surface area (Å²) < 4.78 is 13.2. The highest BCUT2D eigenvalue weighted by atomic mass is 32.1. The summed E-state index contributed by atoms with van der Waals surface area (Å²) in [4.78, 5) is 0. The molecule has 0 spiro atoms. The van der Waals surface area contributed by atoms with Crippen LogP contribution in [0.25, 0.3) is 0 Å².